The van der Waals surface area contributed by atoms with Gasteiger partial charge in [0.25, 0.3) is 0 Å². The average Bonchev–Trinajstić information content (AvgIpc) is 1.90. The van der Waals surface area contributed by atoms with E-state index in [-0.39, 0.29) is 0 Å². The first-order valence-electron chi connectivity index (χ1n) is 3.34. The summed E-state index contributed by atoms with van der Waals surface area (Å²) in [4.78, 5) is 0. The molecule has 1 rings (SSSR count). The van der Waals surface area contributed by atoms with E-state index in [1.54, 1.807) is 0 Å². The van der Waals surface area contributed by atoms with Gasteiger partial charge in [-0.25, -0.2) is 0 Å². The second-order valence-electron chi connectivity index (χ2n) is 2.28. The van der Waals surface area contributed by atoms with Crippen LogP contribution in [0.4, 0.5) is 0 Å². The SMILES string of the molecule is [NH3+]C[C@H]1CCCCO1. The number of rotatable bonds is 1. The zero-order valence-electron chi connectivity index (χ0n) is 5.23. The van der Waals surface area contributed by atoms with Crippen molar-refractivity contribution in [3.05, 3.63) is 0 Å². The molecule has 1 aliphatic heterocycles. The summed E-state index contributed by atoms with van der Waals surface area (Å²) in [6, 6.07) is 0. The lowest BCUT2D eigenvalue weighted by molar-refractivity contribution is -0.388. The van der Waals surface area contributed by atoms with Gasteiger partial charge in [-0.2, -0.15) is 0 Å². The first-order chi connectivity index (χ1) is 3.93. The Morgan fingerprint density at radius 1 is 1.50 bits per heavy atom. The minimum absolute atomic E-state index is 0.476. The van der Waals surface area contributed by atoms with Gasteiger partial charge in [0, 0.05) is 6.61 Å². The number of quaternary nitrogens is 1. The van der Waals surface area contributed by atoms with Gasteiger partial charge in [-0.05, 0) is 19.3 Å². The highest BCUT2D eigenvalue weighted by Crippen LogP contribution is 2.10. The first-order valence-corrected chi connectivity index (χ1v) is 3.34. The molecule has 0 bridgehead atoms. The van der Waals surface area contributed by atoms with Gasteiger partial charge in [-0.3, -0.25) is 0 Å². The molecule has 2 heteroatoms. The van der Waals surface area contributed by atoms with Crippen LogP contribution < -0.4 is 5.73 Å². The topological polar surface area (TPSA) is 36.9 Å². The summed E-state index contributed by atoms with van der Waals surface area (Å²) in [7, 11) is 0. The molecule has 3 N–H and O–H groups in total. The highest BCUT2D eigenvalue weighted by atomic mass is 16.5. The Morgan fingerprint density at radius 3 is 2.75 bits per heavy atom. The van der Waals surface area contributed by atoms with Crippen LogP contribution in [0.5, 0.6) is 0 Å². The molecule has 0 aliphatic carbocycles. The van der Waals surface area contributed by atoms with Gasteiger partial charge in [0.1, 0.15) is 12.6 Å². The van der Waals surface area contributed by atoms with Gasteiger partial charge in [-0.15, -0.1) is 0 Å². The maximum atomic E-state index is 5.36. The van der Waals surface area contributed by atoms with Gasteiger partial charge in [0.2, 0.25) is 0 Å². The van der Waals surface area contributed by atoms with Crippen LogP contribution in [-0.4, -0.2) is 19.3 Å². The zero-order chi connectivity index (χ0) is 5.82. The molecule has 0 saturated carbocycles. The summed E-state index contributed by atoms with van der Waals surface area (Å²) in [6.07, 6.45) is 4.28. The molecule has 8 heavy (non-hydrogen) atoms. The molecule has 0 amide bonds. The van der Waals surface area contributed by atoms with E-state index in [4.69, 9.17) is 4.74 Å². The second-order valence-corrected chi connectivity index (χ2v) is 2.28. The van der Waals surface area contributed by atoms with Crippen molar-refractivity contribution in [2.75, 3.05) is 13.2 Å². The average molecular weight is 116 g/mol. The number of ether oxygens (including phenoxy) is 1. The Kier molecular flexibility index (Phi) is 2.30. The lowest BCUT2D eigenvalue weighted by Crippen LogP contribution is -2.56. The summed E-state index contributed by atoms with van der Waals surface area (Å²) in [6.45, 7) is 1.90. The second kappa shape index (κ2) is 3.05. The van der Waals surface area contributed by atoms with Crippen LogP contribution in [0.3, 0.4) is 0 Å². The van der Waals surface area contributed by atoms with Crippen LogP contribution in [0.2, 0.25) is 0 Å². The van der Waals surface area contributed by atoms with Gasteiger partial charge >= 0.3 is 0 Å². The Morgan fingerprint density at radius 2 is 2.38 bits per heavy atom. The molecule has 48 valence electrons. The first kappa shape index (κ1) is 6.05. The molecule has 1 heterocycles. The predicted molar refractivity (Wildman–Crippen MR) is 31.3 cm³/mol. The molecule has 2 nitrogen and oxygen atoms in total. The van der Waals surface area contributed by atoms with Crippen LogP contribution >= 0.6 is 0 Å². The van der Waals surface area contributed by atoms with Crippen LogP contribution in [0.1, 0.15) is 19.3 Å². The van der Waals surface area contributed by atoms with E-state index in [9.17, 15) is 0 Å². The largest absolute Gasteiger partial charge is 0.372 e. The third-order valence-electron chi connectivity index (χ3n) is 1.60. The predicted octanol–water partition coefficient (Wildman–Crippen LogP) is -0.203. The van der Waals surface area contributed by atoms with Crippen LogP contribution in [0.15, 0.2) is 0 Å². The van der Waals surface area contributed by atoms with E-state index < -0.39 is 0 Å². The van der Waals surface area contributed by atoms with Gasteiger partial charge < -0.3 is 10.5 Å². The smallest absolute Gasteiger partial charge is 0.106 e. The van der Waals surface area contributed by atoms with E-state index in [0.717, 1.165) is 13.2 Å². The van der Waals surface area contributed by atoms with Crippen molar-refractivity contribution in [2.24, 2.45) is 0 Å². The fourth-order valence-corrected chi connectivity index (χ4v) is 1.04. The minimum Gasteiger partial charge on any atom is -0.372 e. The third-order valence-corrected chi connectivity index (χ3v) is 1.60. The molecule has 1 fully saturated rings. The summed E-state index contributed by atoms with van der Waals surface area (Å²) in [5.74, 6) is 0. The summed E-state index contributed by atoms with van der Waals surface area (Å²) >= 11 is 0. The quantitative estimate of drug-likeness (QED) is 0.506. The molecule has 0 spiro atoms. The van der Waals surface area contributed by atoms with Crippen molar-refractivity contribution in [1.29, 1.82) is 0 Å². The Bertz CT molecular complexity index is 59.5. The van der Waals surface area contributed by atoms with Crippen LogP contribution in [-0.2, 0) is 4.74 Å². The standard InChI is InChI=1S/C6H13NO/c7-5-6-3-1-2-4-8-6/h6H,1-5,7H2/p+1/t6-/m1/s1. The fourth-order valence-electron chi connectivity index (χ4n) is 1.04. The van der Waals surface area contributed by atoms with E-state index in [0.29, 0.717) is 6.10 Å². The van der Waals surface area contributed by atoms with Crippen molar-refractivity contribution < 1.29 is 10.5 Å². The van der Waals surface area contributed by atoms with Crippen LogP contribution in [0, 0.1) is 0 Å². The van der Waals surface area contributed by atoms with Crippen molar-refractivity contribution in [3.63, 3.8) is 0 Å². The molecule has 0 aromatic heterocycles. The van der Waals surface area contributed by atoms with Crippen molar-refractivity contribution in [2.45, 2.75) is 25.4 Å². The Labute approximate surface area is 50.0 Å². The van der Waals surface area contributed by atoms with E-state index in [2.05, 4.69) is 5.73 Å². The minimum atomic E-state index is 0.476. The molecule has 1 aliphatic rings. The molecule has 1 saturated heterocycles. The van der Waals surface area contributed by atoms with Crippen molar-refractivity contribution in [1.82, 2.24) is 0 Å². The molecule has 0 aromatic rings. The summed E-state index contributed by atoms with van der Waals surface area (Å²) in [5.41, 5.74) is 3.78. The van der Waals surface area contributed by atoms with E-state index >= 15 is 0 Å². The van der Waals surface area contributed by atoms with Gasteiger partial charge in [0.05, 0.1) is 0 Å². The van der Waals surface area contributed by atoms with Gasteiger partial charge in [-0.1, -0.05) is 0 Å². The zero-order valence-corrected chi connectivity index (χ0v) is 5.23. The molecule has 1 atom stereocenters. The molecule has 0 radical (unpaired) electrons. The highest BCUT2D eigenvalue weighted by Gasteiger charge is 2.12. The lowest BCUT2D eigenvalue weighted by Gasteiger charge is -2.18. The lowest BCUT2D eigenvalue weighted by atomic mass is 10.1. The summed E-state index contributed by atoms with van der Waals surface area (Å²) < 4.78 is 5.36. The number of hydrogen-bond acceptors (Lipinski definition) is 1. The molecular formula is C6H14NO+. The fraction of sp³-hybridized carbons (Fsp3) is 1.00. The highest BCUT2D eigenvalue weighted by molar-refractivity contribution is 4.59. The van der Waals surface area contributed by atoms with Crippen molar-refractivity contribution >= 4 is 0 Å². The molecular weight excluding hydrogens is 102 g/mol. The molecule has 0 unspecified atom stereocenters. The Hall–Kier alpha value is -0.0800. The van der Waals surface area contributed by atoms with Crippen molar-refractivity contribution in [3.8, 4) is 0 Å². The third kappa shape index (κ3) is 1.46. The molecule has 0 aromatic carbocycles. The number of hydrogen-bond donors (Lipinski definition) is 1. The summed E-state index contributed by atoms with van der Waals surface area (Å²) in [5, 5.41) is 0. The monoisotopic (exact) mass is 116 g/mol. The normalized spacial score (nSPS) is 30.4. The Balaban J connectivity index is 2.13. The maximum Gasteiger partial charge on any atom is 0.106 e. The van der Waals surface area contributed by atoms with Crippen LogP contribution in [0.25, 0.3) is 0 Å². The van der Waals surface area contributed by atoms with E-state index in [1.807, 2.05) is 0 Å². The maximum absolute atomic E-state index is 5.36. The van der Waals surface area contributed by atoms with E-state index in [1.165, 1.54) is 19.3 Å². The van der Waals surface area contributed by atoms with Gasteiger partial charge in [0.15, 0.2) is 0 Å².